The number of allylic oxidation sites excluding steroid dienone is 1. The number of esters is 1. The lowest BCUT2D eigenvalue weighted by molar-refractivity contribution is -0.166. The molecule has 1 aromatic carbocycles. The summed E-state index contributed by atoms with van der Waals surface area (Å²) in [6.07, 6.45) is 7.91. The molecule has 310 valence electrons. The Balaban J connectivity index is 1.67. The molecule has 56 heavy (non-hydrogen) atoms. The number of thioether (sulfide) groups is 1. The maximum absolute atomic E-state index is 14.5. The summed E-state index contributed by atoms with van der Waals surface area (Å²) in [6, 6.07) is 3.76. The van der Waals surface area contributed by atoms with Gasteiger partial charge in [0.25, 0.3) is 0 Å². The lowest BCUT2D eigenvalue weighted by atomic mass is 9.83. The molecule has 3 heterocycles. The van der Waals surface area contributed by atoms with Crippen LogP contribution >= 0.6 is 11.8 Å². The van der Waals surface area contributed by atoms with Gasteiger partial charge >= 0.3 is 5.97 Å². The van der Waals surface area contributed by atoms with Crippen molar-refractivity contribution in [3.63, 3.8) is 0 Å². The molecule has 0 radical (unpaired) electrons. The van der Waals surface area contributed by atoms with Crippen molar-refractivity contribution in [1.82, 2.24) is 20.0 Å². The summed E-state index contributed by atoms with van der Waals surface area (Å²) >= 11 is 1.66. The van der Waals surface area contributed by atoms with E-state index in [0.29, 0.717) is 44.4 Å². The Hall–Kier alpha value is -3.87. The Bertz CT molecular complexity index is 1610. The number of likely N-dealkylation sites (N-methyl/N-ethyl adjacent to an activating group) is 2. The number of ether oxygens (including phenoxy) is 2. The Kier molecular flexibility index (Phi) is 16.0. The van der Waals surface area contributed by atoms with Crippen LogP contribution in [0.1, 0.15) is 99.0 Å². The predicted molar refractivity (Wildman–Crippen MR) is 221 cm³/mol. The van der Waals surface area contributed by atoms with Crippen LogP contribution < -0.4 is 10.1 Å². The molecular weight excluding hydrogens is 731 g/mol. The van der Waals surface area contributed by atoms with Gasteiger partial charge in [0.1, 0.15) is 36.0 Å². The maximum atomic E-state index is 14.5. The summed E-state index contributed by atoms with van der Waals surface area (Å²) < 4.78 is 11.6. The molecule has 13 heteroatoms. The van der Waals surface area contributed by atoms with Crippen molar-refractivity contribution in [2.24, 2.45) is 22.2 Å². The molecule has 0 spiro atoms. The quantitative estimate of drug-likeness (QED) is 0.377. The highest BCUT2D eigenvalue weighted by molar-refractivity contribution is 8.14. The molecule has 12 nitrogen and oxygen atoms in total. The van der Waals surface area contributed by atoms with Gasteiger partial charge in [-0.1, -0.05) is 66.2 Å². The zero-order valence-corrected chi connectivity index (χ0v) is 36.0. The SMILES string of the molecule is CC[C@H](C)[C@H]1C(=O)N2CCC[C@H]2C(=O)O[C@H](C(C)(C)C)C[C@@H](C)CC=CC2=N[C@@H](CCC(=O)N[C@@H](Cc3ccc(OC)cc3)C(=O)N(C)[C@@H](C)C(=O)N1C)CS2. The number of nitrogens with zero attached hydrogens (tertiary/aromatic N) is 4. The highest BCUT2D eigenvalue weighted by Crippen LogP contribution is 2.32. The number of aliphatic imine (C=N–C) groups is 1. The van der Waals surface area contributed by atoms with Crippen LogP contribution in [0.25, 0.3) is 0 Å². The van der Waals surface area contributed by atoms with E-state index in [2.05, 4.69) is 39.1 Å². The summed E-state index contributed by atoms with van der Waals surface area (Å²) in [5.74, 6) is -0.393. The third-order valence-corrected chi connectivity index (χ3v) is 12.7. The first kappa shape index (κ1) is 44.8. The largest absolute Gasteiger partial charge is 0.497 e. The maximum Gasteiger partial charge on any atom is 0.329 e. The van der Waals surface area contributed by atoms with Crippen molar-refractivity contribution >= 4 is 46.4 Å². The van der Waals surface area contributed by atoms with Gasteiger partial charge in [0.05, 0.1) is 18.2 Å². The van der Waals surface area contributed by atoms with E-state index in [0.717, 1.165) is 22.8 Å². The molecule has 8 atom stereocenters. The zero-order chi connectivity index (χ0) is 41.3. The lowest BCUT2D eigenvalue weighted by Crippen LogP contribution is -2.59. The summed E-state index contributed by atoms with van der Waals surface area (Å²) in [5, 5.41) is 3.89. The number of hydrogen-bond donors (Lipinski definition) is 1. The number of methoxy groups -OCH3 is 1. The van der Waals surface area contributed by atoms with Crippen molar-refractivity contribution in [3.8, 4) is 5.75 Å². The van der Waals surface area contributed by atoms with E-state index < -0.39 is 42.0 Å². The fourth-order valence-electron chi connectivity index (χ4n) is 7.59. The summed E-state index contributed by atoms with van der Waals surface area (Å²) in [6.45, 7) is 14.3. The van der Waals surface area contributed by atoms with E-state index in [1.165, 1.54) is 9.80 Å². The number of cyclic esters (lactones) is 1. The van der Waals surface area contributed by atoms with Crippen molar-refractivity contribution in [1.29, 1.82) is 0 Å². The van der Waals surface area contributed by atoms with Gasteiger partial charge < -0.3 is 29.5 Å². The van der Waals surface area contributed by atoms with Crippen LogP contribution in [0.2, 0.25) is 0 Å². The highest BCUT2D eigenvalue weighted by Gasteiger charge is 2.44. The van der Waals surface area contributed by atoms with Gasteiger partial charge in [-0.25, -0.2) is 4.79 Å². The van der Waals surface area contributed by atoms with Crippen LogP contribution in [-0.2, 0) is 35.1 Å². The van der Waals surface area contributed by atoms with Gasteiger partial charge in [0.15, 0.2) is 0 Å². The van der Waals surface area contributed by atoms with Gasteiger partial charge in [-0.2, -0.15) is 0 Å². The molecule has 3 aliphatic rings. The molecule has 4 amide bonds. The van der Waals surface area contributed by atoms with Crippen LogP contribution in [0.5, 0.6) is 5.75 Å². The molecule has 0 saturated carbocycles. The molecule has 0 aromatic heterocycles. The predicted octanol–water partition coefficient (Wildman–Crippen LogP) is 5.67. The lowest BCUT2D eigenvalue weighted by Gasteiger charge is -2.39. The average Bonchev–Trinajstić information content (AvgIpc) is 3.85. The number of carbonyl (C=O) groups excluding carboxylic acids is 5. The Labute approximate surface area is 338 Å². The molecule has 1 N–H and O–H groups in total. The second kappa shape index (κ2) is 20.0. The van der Waals surface area contributed by atoms with E-state index in [9.17, 15) is 24.0 Å². The van der Waals surface area contributed by atoms with Crippen LogP contribution in [0, 0.1) is 17.3 Å². The zero-order valence-electron chi connectivity index (χ0n) is 35.2. The van der Waals surface area contributed by atoms with Crippen molar-refractivity contribution in [2.75, 3.05) is 33.5 Å². The van der Waals surface area contributed by atoms with E-state index in [1.54, 1.807) is 56.9 Å². The second-order valence-electron chi connectivity index (χ2n) is 17.0. The second-order valence-corrected chi connectivity index (χ2v) is 18.0. The summed E-state index contributed by atoms with van der Waals surface area (Å²) in [5.41, 5.74) is 0.491. The standard InChI is InChI=1S/C43H65N5O7S/c1-11-28(3)38-41(52)48-23-13-15-34(48)42(53)55-35(43(5,6)7)24-27(2)14-12-16-37-44-31(26-56-37)19-22-36(49)45-33(25-30-17-20-32(54-10)21-18-30)40(51)46(8)29(4)39(50)47(38)9/h12,16-18,20-21,27-29,31,33-35,38H,11,13-15,19,22-26H2,1-10H3,(H,45,49)/t27-,28-,29-,31-,33-,34-,35-,38-/m0/s1. The van der Waals surface area contributed by atoms with Crippen LogP contribution in [0.4, 0.5) is 0 Å². The monoisotopic (exact) mass is 795 g/mol. The highest BCUT2D eigenvalue weighted by atomic mass is 32.2. The molecular formula is C43H65N5O7S. The number of fused-ring (bicyclic) bond motifs is 2. The first-order valence-corrected chi connectivity index (χ1v) is 21.3. The van der Waals surface area contributed by atoms with Gasteiger partial charge in [0, 0.05) is 39.2 Å². The summed E-state index contributed by atoms with van der Waals surface area (Å²) in [4.78, 5) is 79.7. The molecule has 1 saturated heterocycles. The Morgan fingerprint density at radius 3 is 2.34 bits per heavy atom. The van der Waals surface area contributed by atoms with Crippen LogP contribution in [0.3, 0.4) is 0 Å². The van der Waals surface area contributed by atoms with E-state index >= 15 is 0 Å². The molecule has 1 aromatic rings. The molecule has 1 fully saturated rings. The number of carbonyl (C=O) groups is 5. The van der Waals surface area contributed by atoms with Gasteiger partial charge in [0.2, 0.25) is 23.6 Å². The number of benzene rings is 1. The number of rotatable bonds is 5. The molecule has 0 aliphatic carbocycles. The molecule has 4 rings (SSSR count). The van der Waals surface area contributed by atoms with Gasteiger partial charge in [-0.15, -0.1) is 11.8 Å². The number of amides is 4. The minimum Gasteiger partial charge on any atom is -0.497 e. The normalized spacial score (nSPS) is 28.9. The fourth-order valence-corrected chi connectivity index (χ4v) is 8.61. The minimum atomic E-state index is -0.957. The average molecular weight is 796 g/mol. The smallest absolute Gasteiger partial charge is 0.329 e. The van der Waals surface area contributed by atoms with E-state index in [1.807, 2.05) is 32.1 Å². The third kappa shape index (κ3) is 11.6. The van der Waals surface area contributed by atoms with Crippen molar-refractivity contribution < 1.29 is 33.4 Å². The van der Waals surface area contributed by atoms with Gasteiger partial charge in [-0.3, -0.25) is 24.2 Å². The first-order valence-electron chi connectivity index (χ1n) is 20.3. The first-order chi connectivity index (χ1) is 26.4. The third-order valence-electron chi connectivity index (χ3n) is 11.6. The van der Waals surface area contributed by atoms with Crippen LogP contribution in [-0.4, -0.2) is 119 Å². The number of hydrogen-bond acceptors (Lipinski definition) is 9. The minimum absolute atomic E-state index is 0.0232. The number of nitrogens with one attached hydrogen (secondary N) is 1. The Morgan fingerprint density at radius 1 is 1.00 bits per heavy atom. The molecule has 2 bridgehead atoms. The topological polar surface area (TPSA) is 138 Å². The van der Waals surface area contributed by atoms with Gasteiger partial charge in [-0.05, 0) is 80.1 Å². The van der Waals surface area contributed by atoms with Crippen LogP contribution in [0.15, 0.2) is 41.4 Å². The molecule has 3 aliphatic heterocycles. The van der Waals surface area contributed by atoms with E-state index in [4.69, 9.17) is 14.5 Å². The van der Waals surface area contributed by atoms with E-state index in [-0.39, 0.29) is 54.1 Å². The van der Waals surface area contributed by atoms with Crippen molar-refractivity contribution in [2.45, 2.75) is 136 Å². The summed E-state index contributed by atoms with van der Waals surface area (Å²) in [7, 11) is 4.73. The molecule has 0 unspecified atom stereocenters. The van der Waals surface area contributed by atoms with Crippen molar-refractivity contribution in [3.05, 3.63) is 42.0 Å². The fraction of sp³-hybridized carbons (Fsp3) is 0.674. The Morgan fingerprint density at radius 2 is 1.70 bits per heavy atom.